The first kappa shape index (κ1) is 13.8. The van der Waals surface area contributed by atoms with Crippen LogP contribution in [0.25, 0.3) is 0 Å². The van der Waals surface area contributed by atoms with E-state index in [0.717, 1.165) is 5.76 Å². The van der Waals surface area contributed by atoms with Gasteiger partial charge in [-0.25, -0.2) is 9.97 Å². The van der Waals surface area contributed by atoms with Gasteiger partial charge in [-0.1, -0.05) is 0 Å². The van der Waals surface area contributed by atoms with Crippen molar-refractivity contribution in [1.82, 2.24) is 9.97 Å². The molecule has 6 nitrogen and oxygen atoms in total. The predicted molar refractivity (Wildman–Crippen MR) is 75.5 cm³/mol. The molecule has 1 aliphatic rings. The van der Waals surface area contributed by atoms with Crippen molar-refractivity contribution in [2.45, 2.75) is 18.8 Å². The molecule has 1 amide bonds. The molecule has 1 aliphatic carbocycles. The average molecular weight is 306 g/mol. The predicted octanol–water partition coefficient (Wildman–Crippen LogP) is 2.16. The van der Waals surface area contributed by atoms with Crippen LogP contribution in [0.1, 0.15) is 34.2 Å². The average Bonchev–Trinajstić information content (AvgIpc) is 3.01. The van der Waals surface area contributed by atoms with Gasteiger partial charge in [-0.05, 0) is 12.1 Å². The molecule has 1 atom stereocenters. The van der Waals surface area contributed by atoms with Gasteiger partial charge in [0.1, 0.15) is 11.6 Å². The molecule has 0 bridgehead atoms. The van der Waals surface area contributed by atoms with E-state index in [0.29, 0.717) is 24.1 Å². The molecule has 0 radical (unpaired) electrons. The lowest BCUT2D eigenvalue weighted by atomic mass is 9.85. The fraction of sp³-hybridized carbons (Fsp3) is 0.286. The Kier molecular flexibility index (Phi) is 3.70. The van der Waals surface area contributed by atoms with Gasteiger partial charge in [0.25, 0.3) is 0 Å². The molecule has 2 heterocycles. The Labute approximate surface area is 125 Å². The molecule has 0 saturated carbocycles. The van der Waals surface area contributed by atoms with Gasteiger partial charge in [0, 0.05) is 25.0 Å². The van der Waals surface area contributed by atoms with Gasteiger partial charge in [-0.3, -0.25) is 14.9 Å². The smallest absolute Gasteiger partial charge is 0.241 e. The molecule has 3 rings (SSSR count). The maximum Gasteiger partial charge on any atom is 0.241 e. The van der Waals surface area contributed by atoms with E-state index in [9.17, 15) is 9.59 Å². The van der Waals surface area contributed by atoms with Crippen molar-refractivity contribution in [3.63, 3.8) is 0 Å². The van der Waals surface area contributed by atoms with Crippen LogP contribution in [-0.2, 0) is 11.2 Å². The number of aromatic nitrogens is 2. The lowest BCUT2D eigenvalue weighted by Gasteiger charge is -2.21. The number of alkyl halides is 1. The maximum absolute atomic E-state index is 12.2. The van der Waals surface area contributed by atoms with Gasteiger partial charge < -0.3 is 4.42 Å². The second kappa shape index (κ2) is 5.65. The first-order valence-corrected chi connectivity index (χ1v) is 6.99. The highest BCUT2D eigenvalue weighted by Gasteiger charge is 2.29. The van der Waals surface area contributed by atoms with Crippen LogP contribution in [0.4, 0.5) is 5.95 Å². The number of halogens is 1. The van der Waals surface area contributed by atoms with Crippen LogP contribution in [0.15, 0.2) is 29.0 Å². The summed E-state index contributed by atoms with van der Waals surface area (Å²) in [6, 6.07) is 3.64. The Morgan fingerprint density at radius 3 is 3.05 bits per heavy atom. The highest BCUT2D eigenvalue weighted by molar-refractivity contribution is 6.28. The zero-order valence-electron chi connectivity index (χ0n) is 11.0. The number of nitrogens with one attached hydrogen (secondary N) is 1. The van der Waals surface area contributed by atoms with Crippen molar-refractivity contribution in [3.8, 4) is 0 Å². The van der Waals surface area contributed by atoms with Gasteiger partial charge in [0.05, 0.1) is 17.5 Å². The lowest BCUT2D eigenvalue weighted by Crippen LogP contribution is -2.22. The van der Waals surface area contributed by atoms with Crippen LogP contribution in [0.3, 0.4) is 0 Å². The number of amides is 1. The Bertz CT molecular complexity index is 685. The van der Waals surface area contributed by atoms with Gasteiger partial charge >= 0.3 is 0 Å². The second-order valence-corrected chi connectivity index (χ2v) is 5.05. The number of carbonyl (C=O) groups excluding carboxylic acids is 2. The molecule has 1 N–H and O–H groups in total. The molecule has 0 fully saturated rings. The van der Waals surface area contributed by atoms with E-state index in [1.165, 1.54) is 6.20 Å². The third-order valence-corrected chi connectivity index (χ3v) is 3.60. The molecule has 2 aromatic rings. The molecule has 108 valence electrons. The van der Waals surface area contributed by atoms with Crippen molar-refractivity contribution >= 4 is 29.2 Å². The minimum Gasteiger partial charge on any atom is -0.469 e. The summed E-state index contributed by atoms with van der Waals surface area (Å²) in [7, 11) is 0. The zero-order chi connectivity index (χ0) is 14.8. The Morgan fingerprint density at radius 2 is 2.33 bits per heavy atom. The lowest BCUT2D eigenvalue weighted by molar-refractivity contribution is -0.114. The van der Waals surface area contributed by atoms with Crippen molar-refractivity contribution in [2.24, 2.45) is 0 Å². The van der Waals surface area contributed by atoms with Crippen LogP contribution >= 0.6 is 11.6 Å². The molecule has 0 saturated heterocycles. The summed E-state index contributed by atoms with van der Waals surface area (Å²) >= 11 is 5.43. The van der Waals surface area contributed by atoms with Crippen molar-refractivity contribution < 1.29 is 14.0 Å². The molecule has 0 aromatic carbocycles. The number of hydrogen-bond acceptors (Lipinski definition) is 5. The number of fused-ring (bicyclic) bond motifs is 1. The van der Waals surface area contributed by atoms with E-state index < -0.39 is 0 Å². The second-order valence-electron chi connectivity index (χ2n) is 4.78. The zero-order valence-corrected chi connectivity index (χ0v) is 11.8. The van der Waals surface area contributed by atoms with Crippen LogP contribution in [0.2, 0.25) is 0 Å². The summed E-state index contributed by atoms with van der Waals surface area (Å²) in [5.41, 5.74) is 1.12. The molecule has 0 spiro atoms. The molecular formula is C14H12ClN3O3. The van der Waals surface area contributed by atoms with E-state index in [2.05, 4.69) is 15.3 Å². The largest absolute Gasteiger partial charge is 0.469 e. The third kappa shape index (κ3) is 2.80. The summed E-state index contributed by atoms with van der Waals surface area (Å²) in [6.45, 7) is 0. The highest BCUT2D eigenvalue weighted by Crippen LogP contribution is 2.32. The van der Waals surface area contributed by atoms with Gasteiger partial charge in [-0.2, -0.15) is 0 Å². The van der Waals surface area contributed by atoms with Crippen molar-refractivity contribution in [2.75, 3.05) is 11.2 Å². The Hall–Kier alpha value is -2.21. The van der Waals surface area contributed by atoms with E-state index in [1.54, 1.807) is 12.3 Å². The van der Waals surface area contributed by atoms with Crippen LogP contribution in [0, 0.1) is 0 Å². The van der Waals surface area contributed by atoms with Crippen molar-refractivity contribution in [1.29, 1.82) is 0 Å². The van der Waals surface area contributed by atoms with E-state index in [4.69, 9.17) is 16.0 Å². The van der Waals surface area contributed by atoms with Gasteiger partial charge in [0.15, 0.2) is 5.78 Å². The minimum atomic E-state index is -0.388. The first-order valence-electron chi connectivity index (χ1n) is 6.45. The Morgan fingerprint density at radius 1 is 1.48 bits per heavy atom. The van der Waals surface area contributed by atoms with E-state index >= 15 is 0 Å². The SMILES string of the molecule is O=C(CCl)Nc1ncc2c(n1)CC(c1ccco1)CC2=O. The fourth-order valence-electron chi connectivity index (χ4n) is 2.39. The monoisotopic (exact) mass is 305 g/mol. The molecule has 7 heteroatoms. The number of rotatable bonds is 3. The number of Topliss-reactive ketones (excluding diaryl/α,β-unsaturated/α-hetero) is 1. The van der Waals surface area contributed by atoms with Crippen LogP contribution in [0.5, 0.6) is 0 Å². The number of nitrogens with zero attached hydrogens (tertiary/aromatic N) is 2. The molecule has 1 unspecified atom stereocenters. The topological polar surface area (TPSA) is 85.1 Å². The normalized spacial score (nSPS) is 17.4. The first-order chi connectivity index (χ1) is 10.2. The molecule has 0 aliphatic heterocycles. The minimum absolute atomic E-state index is 0.0205. The van der Waals surface area contributed by atoms with Crippen molar-refractivity contribution in [3.05, 3.63) is 41.6 Å². The maximum atomic E-state index is 12.2. The number of hydrogen-bond donors (Lipinski definition) is 1. The summed E-state index contributed by atoms with van der Waals surface area (Å²) in [6.07, 6.45) is 3.98. The van der Waals surface area contributed by atoms with E-state index in [-0.39, 0.29) is 29.4 Å². The standard InChI is InChI=1S/C14H12ClN3O3/c15-6-13(20)18-14-16-7-9-10(17-14)4-8(5-11(9)19)12-2-1-3-21-12/h1-3,7-8H,4-6H2,(H,16,17,18,20). The molecule has 2 aromatic heterocycles. The van der Waals surface area contributed by atoms with E-state index in [1.807, 2.05) is 6.07 Å². The quantitative estimate of drug-likeness (QED) is 0.878. The summed E-state index contributed by atoms with van der Waals surface area (Å²) in [5.74, 6) is 0.306. The fourth-order valence-corrected chi connectivity index (χ4v) is 2.45. The summed E-state index contributed by atoms with van der Waals surface area (Å²) in [4.78, 5) is 31.6. The van der Waals surface area contributed by atoms with Gasteiger partial charge in [-0.15, -0.1) is 11.6 Å². The number of furan rings is 1. The molecular weight excluding hydrogens is 294 g/mol. The third-order valence-electron chi connectivity index (χ3n) is 3.36. The Balaban J connectivity index is 1.88. The number of anilines is 1. The molecule has 21 heavy (non-hydrogen) atoms. The summed E-state index contributed by atoms with van der Waals surface area (Å²) < 4.78 is 5.37. The van der Waals surface area contributed by atoms with Crippen LogP contribution in [-0.4, -0.2) is 27.5 Å². The number of carbonyl (C=O) groups is 2. The highest BCUT2D eigenvalue weighted by atomic mass is 35.5. The summed E-state index contributed by atoms with van der Waals surface area (Å²) in [5, 5.41) is 2.48. The number of ketones is 1. The van der Waals surface area contributed by atoms with Crippen LogP contribution < -0.4 is 5.32 Å². The van der Waals surface area contributed by atoms with Gasteiger partial charge in [0.2, 0.25) is 11.9 Å².